The molecular weight excluding hydrogens is 392 g/mol. The van der Waals surface area contributed by atoms with Crippen molar-refractivity contribution in [3.05, 3.63) is 69.3 Å². The Kier molecular flexibility index (Phi) is 6.31. The second-order valence-corrected chi connectivity index (χ2v) is 6.64. The highest BCUT2D eigenvalue weighted by atomic mass is 16.7. The Morgan fingerprint density at radius 1 is 1.23 bits per heavy atom. The van der Waals surface area contributed by atoms with Crippen LogP contribution in [-0.4, -0.2) is 29.7 Å². The second kappa shape index (κ2) is 9.08. The third-order valence-corrected chi connectivity index (χ3v) is 4.37. The van der Waals surface area contributed by atoms with E-state index in [1.165, 1.54) is 25.1 Å². The van der Waals surface area contributed by atoms with Gasteiger partial charge in [0, 0.05) is 12.6 Å². The van der Waals surface area contributed by atoms with Crippen LogP contribution in [0, 0.1) is 17.0 Å². The molecule has 0 aromatic heterocycles. The zero-order valence-corrected chi connectivity index (χ0v) is 16.4. The lowest BCUT2D eigenvalue weighted by Crippen LogP contribution is -2.35. The monoisotopic (exact) mass is 412 g/mol. The number of carbonyl (C=O) groups is 2. The summed E-state index contributed by atoms with van der Waals surface area (Å²) < 4.78 is 15.4. The Labute approximate surface area is 172 Å². The molecule has 0 radical (unpaired) electrons. The predicted molar refractivity (Wildman–Crippen MR) is 107 cm³/mol. The molecule has 1 aliphatic rings. The van der Waals surface area contributed by atoms with E-state index in [9.17, 15) is 19.7 Å². The summed E-state index contributed by atoms with van der Waals surface area (Å²) in [7, 11) is 0. The minimum Gasteiger partial charge on any atom is -0.454 e. The molecule has 0 fully saturated rings. The molecule has 9 heteroatoms. The lowest BCUT2D eigenvalue weighted by Gasteiger charge is -2.12. The Hall–Kier alpha value is -3.88. The molecule has 2 aromatic rings. The number of rotatable bonds is 7. The molecule has 0 bridgehead atoms. The van der Waals surface area contributed by atoms with Crippen molar-refractivity contribution in [1.29, 1.82) is 0 Å². The molecule has 1 heterocycles. The summed E-state index contributed by atoms with van der Waals surface area (Å²) in [5, 5.41) is 13.9. The van der Waals surface area contributed by atoms with Crippen LogP contribution >= 0.6 is 0 Å². The fraction of sp³-hybridized carbons (Fsp3) is 0.238. The molecule has 3 rings (SSSR count). The summed E-state index contributed by atoms with van der Waals surface area (Å²) in [5.74, 6) is -0.649. The van der Waals surface area contributed by atoms with Crippen molar-refractivity contribution in [2.75, 3.05) is 6.79 Å². The standard InChI is InChI=1S/C21H20N2O7/c1-13-3-5-15(6-4-13)11-22-21(25)14(2)30-20(24)8-7-16-9-18-19(29-12-28-18)10-17(16)23(26)27/h3-10,14H,11-12H2,1-2H3,(H,22,25)/b8-7+/t14-/m0/s1. The summed E-state index contributed by atoms with van der Waals surface area (Å²) in [4.78, 5) is 34.8. The van der Waals surface area contributed by atoms with Gasteiger partial charge in [-0.2, -0.15) is 0 Å². The van der Waals surface area contributed by atoms with Crippen LogP contribution < -0.4 is 14.8 Å². The average molecular weight is 412 g/mol. The van der Waals surface area contributed by atoms with Gasteiger partial charge in [-0.3, -0.25) is 14.9 Å². The van der Waals surface area contributed by atoms with Gasteiger partial charge in [0.05, 0.1) is 16.6 Å². The molecule has 9 nitrogen and oxygen atoms in total. The number of nitrogens with one attached hydrogen (secondary N) is 1. The largest absolute Gasteiger partial charge is 0.454 e. The predicted octanol–water partition coefficient (Wildman–Crippen LogP) is 2.89. The molecule has 1 aliphatic heterocycles. The van der Waals surface area contributed by atoms with E-state index < -0.39 is 22.9 Å². The van der Waals surface area contributed by atoms with Crippen molar-refractivity contribution < 1.29 is 28.7 Å². The summed E-state index contributed by atoms with van der Waals surface area (Å²) in [6.45, 7) is 3.69. The normalized spacial score (nSPS) is 13.1. The first-order valence-electron chi connectivity index (χ1n) is 9.13. The lowest BCUT2D eigenvalue weighted by atomic mass is 10.1. The molecule has 1 N–H and O–H groups in total. The highest BCUT2D eigenvalue weighted by Crippen LogP contribution is 2.38. The van der Waals surface area contributed by atoms with Crippen LogP contribution in [0.5, 0.6) is 11.5 Å². The van der Waals surface area contributed by atoms with Gasteiger partial charge in [-0.25, -0.2) is 4.79 Å². The maximum Gasteiger partial charge on any atom is 0.331 e. The summed E-state index contributed by atoms with van der Waals surface area (Å²) in [6, 6.07) is 10.3. The van der Waals surface area contributed by atoms with Gasteiger partial charge >= 0.3 is 5.97 Å². The minimum atomic E-state index is -1.03. The van der Waals surface area contributed by atoms with Gasteiger partial charge < -0.3 is 19.5 Å². The van der Waals surface area contributed by atoms with E-state index in [2.05, 4.69) is 5.32 Å². The molecule has 2 aromatic carbocycles. The van der Waals surface area contributed by atoms with Crippen LogP contribution in [0.4, 0.5) is 5.69 Å². The van der Waals surface area contributed by atoms with E-state index >= 15 is 0 Å². The molecule has 0 spiro atoms. The van der Waals surface area contributed by atoms with Crippen LogP contribution in [0.3, 0.4) is 0 Å². The number of nitro benzene ring substituents is 1. The molecule has 30 heavy (non-hydrogen) atoms. The maximum atomic E-state index is 12.1. The number of aryl methyl sites for hydroxylation is 1. The van der Waals surface area contributed by atoms with Gasteiger partial charge in [0.2, 0.25) is 6.79 Å². The van der Waals surface area contributed by atoms with Crippen LogP contribution in [0.25, 0.3) is 6.08 Å². The van der Waals surface area contributed by atoms with Gasteiger partial charge in [-0.1, -0.05) is 29.8 Å². The average Bonchev–Trinajstić information content (AvgIpc) is 3.18. The molecule has 1 amide bonds. The van der Waals surface area contributed by atoms with E-state index in [1.807, 2.05) is 31.2 Å². The zero-order valence-electron chi connectivity index (χ0n) is 16.4. The van der Waals surface area contributed by atoms with Gasteiger partial charge in [-0.05, 0) is 31.6 Å². The Morgan fingerprint density at radius 3 is 2.57 bits per heavy atom. The quantitative estimate of drug-likeness (QED) is 0.322. The highest BCUT2D eigenvalue weighted by Gasteiger charge is 2.22. The zero-order chi connectivity index (χ0) is 21.7. The van der Waals surface area contributed by atoms with Gasteiger partial charge in [0.1, 0.15) is 0 Å². The molecule has 0 unspecified atom stereocenters. The SMILES string of the molecule is Cc1ccc(CNC(=O)[C@H](C)OC(=O)/C=C/c2cc3c(cc2[N+](=O)[O-])OCO3)cc1. The number of hydrogen-bond acceptors (Lipinski definition) is 7. The van der Waals surface area contributed by atoms with Crippen molar-refractivity contribution >= 4 is 23.6 Å². The second-order valence-electron chi connectivity index (χ2n) is 6.64. The lowest BCUT2D eigenvalue weighted by molar-refractivity contribution is -0.385. The van der Waals surface area contributed by atoms with Gasteiger partial charge in [0.15, 0.2) is 17.6 Å². The van der Waals surface area contributed by atoms with E-state index in [0.717, 1.165) is 17.2 Å². The van der Waals surface area contributed by atoms with Crippen LogP contribution in [0.15, 0.2) is 42.5 Å². The third-order valence-electron chi connectivity index (χ3n) is 4.37. The van der Waals surface area contributed by atoms with Gasteiger partial charge in [-0.15, -0.1) is 0 Å². The van der Waals surface area contributed by atoms with Crippen LogP contribution in [0.1, 0.15) is 23.6 Å². The van der Waals surface area contributed by atoms with Crippen molar-refractivity contribution in [3.63, 3.8) is 0 Å². The summed E-state index contributed by atoms with van der Waals surface area (Å²) >= 11 is 0. The van der Waals surface area contributed by atoms with E-state index in [-0.39, 0.29) is 23.8 Å². The minimum absolute atomic E-state index is 0.0308. The van der Waals surface area contributed by atoms with Crippen molar-refractivity contribution in [2.24, 2.45) is 0 Å². The molecule has 0 saturated carbocycles. The first-order valence-corrected chi connectivity index (χ1v) is 9.13. The number of fused-ring (bicyclic) bond motifs is 1. The molecular formula is C21H20N2O7. The number of esters is 1. The summed E-state index contributed by atoms with van der Waals surface area (Å²) in [6.07, 6.45) is 1.23. The van der Waals surface area contributed by atoms with E-state index in [0.29, 0.717) is 12.3 Å². The number of nitro groups is 1. The third kappa shape index (κ3) is 5.13. The fourth-order valence-corrected chi connectivity index (χ4v) is 2.70. The number of benzene rings is 2. The first kappa shape index (κ1) is 20.8. The molecule has 156 valence electrons. The Balaban J connectivity index is 1.58. The fourth-order valence-electron chi connectivity index (χ4n) is 2.70. The number of amides is 1. The van der Waals surface area contributed by atoms with E-state index in [4.69, 9.17) is 14.2 Å². The van der Waals surface area contributed by atoms with Crippen molar-refractivity contribution in [1.82, 2.24) is 5.32 Å². The van der Waals surface area contributed by atoms with E-state index in [1.54, 1.807) is 0 Å². The smallest absolute Gasteiger partial charge is 0.331 e. The molecule has 1 atom stereocenters. The van der Waals surface area contributed by atoms with Crippen molar-refractivity contribution in [2.45, 2.75) is 26.5 Å². The number of carbonyl (C=O) groups excluding carboxylic acids is 2. The first-order chi connectivity index (χ1) is 14.3. The summed E-state index contributed by atoms with van der Waals surface area (Å²) in [5.41, 5.74) is 1.94. The number of nitrogens with zero attached hydrogens (tertiary/aromatic N) is 1. The van der Waals surface area contributed by atoms with Gasteiger partial charge in [0.25, 0.3) is 11.6 Å². The van der Waals surface area contributed by atoms with Crippen LogP contribution in [-0.2, 0) is 20.9 Å². The topological polar surface area (TPSA) is 117 Å². The highest BCUT2D eigenvalue weighted by molar-refractivity contribution is 5.91. The molecule has 0 aliphatic carbocycles. The Bertz CT molecular complexity index is 999. The number of hydrogen-bond donors (Lipinski definition) is 1. The number of ether oxygens (including phenoxy) is 3. The van der Waals surface area contributed by atoms with Crippen LogP contribution in [0.2, 0.25) is 0 Å². The van der Waals surface area contributed by atoms with Crippen molar-refractivity contribution in [3.8, 4) is 11.5 Å². The maximum absolute atomic E-state index is 12.1. The molecule has 0 saturated heterocycles. The Morgan fingerprint density at radius 2 is 1.90 bits per heavy atom.